The van der Waals surface area contributed by atoms with Gasteiger partial charge in [-0.3, -0.25) is 9.79 Å². The van der Waals surface area contributed by atoms with E-state index in [1.165, 1.54) is 0 Å². The van der Waals surface area contributed by atoms with Crippen molar-refractivity contribution in [2.75, 3.05) is 0 Å². The number of carboxylic acid groups (broad SMARTS) is 1. The number of carbonyl (C=O) groups is 1. The van der Waals surface area contributed by atoms with Gasteiger partial charge in [-0.05, 0) is 31.9 Å². The Labute approximate surface area is 130 Å². The molecular weight excluding hydrogens is 278 g/mol. The van der Waals surface area contributed by atoms with Crippen LogP contribution in [-0.4, -0.2) is 33.5 Å². The van der Waals surface area contributed by atoms with Crippen molar-refractivity contribution < 1.29 is 15.0 Å². The van der Waals surface area contributed by atoms with Crippen LogP contribution in [0.4, 0.5) is 0 Å². The molecule has 116 valence electrons. The van der Waals surface area contributed by atoms with E-state index in [1.807, 2.05) is 36.4 Å². The van der Waals surface area contributed by atoms with E-state index in [4.69, 9.17) is 0 Å². The minimum absolute atomic E-state index is 0.0755. The second kappa shape index (κ2) is 4.78. The number of hydrogen-bond donors (Lipinski definition) is 2. The lowest BCUT2D eigenvalue weighted by molar-refractivity contribution is -0.146. The summed E-state index contributed by atoms with van der Waals surface area (Å²) in [5.74, 6) is -0.914. The lowest BCUT2D eigenvalue weighted by Gasteiger charge is -2.36. The monoisotopic (exact) mass is 299 g/mol. The van der Waals surface area contributed by atoms with E-state index in [0.717, 1.165) is 5.56 Å². The molecule has 1 aliphatic carbocycles. The van der Waals surface area contributed by atoms with Gasteiger partial charge in [-0.15, -0.1) is 0 Å². The van der Waals surface area contributed by atoms with Crippen molar-refractivity contribution in [3.8, 4) is 0 Å². The second-order valence-electron chi connectivity index (χ2n) is 6.99. The van der Waals surface area contributed by atoms with Gasteiger partial charge in [0.15, 0.2) is 0 Å². The zero-order valence-electron chi connectivity index (χ0n) is 12.9. The Morgan fingerprint density at radius 2 is 2.05 bits per heavy atom. The van der Waals surface area contributed by atoms with Gasteiger partial charge in [0.1, 0.15) is 5.41 Å². The highest BCUT2D eigenvalue weighted by molar-refractivity contribution is 5.87. The van der Waals surface area contributed by atoms with Crippen LogP contribution in [0.3, 0.4) is 0 Å². The van der Waals surface area contributed by atoms with Crippen LogP contribution in [0, 0.1) is 5.41 Å². The lowest BCUT2D eigenvalue weighted by atomic mass is 9.72. The predicted molar refractivity (Wildman–Crippen MR) is 85.1 cm³/mol. The quantitative estimate of drug-likeness (QED) is 0.878. The molecule has 3 atom stereocenters. The van der Waals surface area contributed by atoms with E-state index < -0.39 is 22.5 Å². The Bertz CT molecular complexity index is 630. The Kier molecular flexibility index (Phi) is 3.25. The number of aliphatic hydroxyl groups is 1. The molecular formula is C18H21NO3. The third kappa shape index (κ3) is 2.18. The fraction of sp³-hybridized carbons (Fsp3) is 0.444. The molecule has 0 radical (unpaired) electrons. The first-order chi connectivity index (χ1) is 10.3. The first-order valence-corrected chi connectivity index (χ1v) is 7.55. The van der Waals surface area contributed by atoms with Gasteiger partial charge in [-0.2, -0.15) is 0 Å². The number of nitrogens with zero attached hydrogens (tertiary/aromatic N) is 1. The second-order valence-corrected chi connectivity index (χ2v) is 6.99. The van der Waals surface area contributed by atoms with E-state index >= 15 is 0 Å². The van der Waals surface area contributed by atoms with Crippen molar-refractivity contribution in [1.29, 1.82) is 0 Å². The minimum Gasteiger partial charge on any atom is -0.481 e. The topological polar surface area (TPSA) is 69.9 Å². The minimum atomic E-state index is -0.988. The van der Waals surface area contributed by atoms with Crippen LogP contribution < -0.4 is 0 Å². The summed E-state index contributed by atoms with van der Waals surface area (Å²) in [7, 11) is 0. The molecule has 1 aliphatic heterocycles. The summed E-state index contributed by atoms with van der Waals surface area (Å²) in [4.78, 5) is 16.7. The molecule has 0 saturated heterocycles. The molecule has 0 amide bonds. The normalized spacial score (nSPS) is 33.1. The van der Waals surface area contributed by atoms with E-state index in [2.05, 4.69) is 4.99 Å². The maximum atomic E-state index is 12.2. The first kappa shape index (κ1) is 15.0. The number of hydrogen-bond acceptors (Lipinski definition) is 3. The third-order valence-corrected chi connectivity index (χ3v) is 4.78. The van der Waals surface area contributed by atoms with Gasteiger partial charge >= 0.3 is 5.97 Å². The van der Waals surface area contributed by atoms with Crippen molar-refractivity contribution in [3.63, 3.8) is 0 Å². The molecule has 1 heterocycles. The number of benzene rings is 1. The summed E-state index contributed by atoms with van der Waals surface area (Å²) in [6.45, 7) is 3.40. The molecule has 0 aromatic heterocycles. The predicted octanol–water partition coefficient (Wildman–Crippen LogP) is 2.79. The zero-order chi connectivity index (χ0) is 16.0. The SMILES string of the molecule is CC(C)(O)CC1(C2(C(=O)O)CC2c2ccccc2)C=CC=N1. The van der Waals surface area contributed by atoms with E-state index in [-0.39, 0.29) is 5.92 Å². The molecule has 0 bridgehead atoms. The molecule has 4 heteroatoms. The molecule has 1 fully saturated rings. The van der Waals surface area contributed by atoms with Gasteiger partial charge in [-0.25, -0.2) is 0 Å². The van der Waals surface area contributed by atoms with Gasteiger partial charge in [0.05, 0.1) is 11.1 Å². The van der Waals surface area contributed by atoms with Gasteiger partial charge in [-0.1, -0.05) is 36.4 Å². The Balaban J connectivity index is 2.03. The largest absolute Gasteiger partial charge is 0.481 e. The maximum Gasteiger partial charge on any atom is 0.313 e. The van der Waals surface area contributed by atoms with Gasteiger partial charge in [0.2, 0.25) is 0 Å². The highest BCUT2D eigenvalue weighted by Gasteiger charge is 2.72. The van der Waals surface area contributed by atoms with Crippen LogP contribution in [0.15, 0.2) is 47.5 Å². The van der Waals surface area contributed by atoms with E-state index in [0.29, 0.717) is 12.8 Å². The summed E-state index contributed by atoms with van der Waals surface area (Å²) in [6.07, 6.45) is 6.13. The average molecular weight is 299 g/mol. The lowest BCUT2D eigenvalue weighted by Crippen LogP contribution is -2.46. The van der Waals surface area contributed by atoms with E-state index in [9.17, 15) is 15.0 Å². The molecule has 2 N–H and O–H groups in total. The number of aliphatic carboxylic acids is 1. The number of allylic oxidation sites excluding steroid dienone is 1. The molecule has 2 aliphatic rings. The molecule has 0 spiro atoms. The highest BCUT2D eigenvalue weighted by atomic mass is 16.4. The van der Waals surface area contributed by atoms with Crippen molar-refractivity contribution in [1.82, 2.24) is 0 Å². The van der Waals surface area contributed by atoms with Crippen LogP contribution >= 0.6 is 0 Å². The summed E-state index contributed by atoms with van der Waals surface area (Å²) >= 11 is 0. The van der Waals surface area contributed by atoms with Crippen LogP contribution in [0.1, 0.15) is 38.2 Å². The summed E-state index contributed by atoms with van der Waals surface area (Å²) in [6, 6.07) is 9.72. The molecule has 3 unspecified atom stereocenters. The molecule has 22 heavy (non-hydrogen) atoms. The molecule has 3 rings (SSSR count). The number of carboxylic acids is 1. The van der Waals surface area contributed by atoms with Crippen LogP contribution in [-0.2, 0) is 4.79 Å². The van der Waals surface area contributed by atoms with Gasteiger partial charge < -0.3 is 10.2 Å². The van der Waals surface area contributed by atoms with Crippen LogP contribution in [0.2, 0.25) is 0 Å². The smallest absolute Gasteiger partial charge is 0.313 e. The maximum absolute atomic E-state index is 12.2. The highest BCUT2D eigenvalue weighted by Crippen LogP contribution is 2.68. The Hall–Kier alpha value is -1.94. The van der Waals surface area contributed by atoms with Crippen LogP contribution in [0.5, 0.6) is 0 Å². The number of rotatable bonds is 5. The van der Waals surface area contributed by atoms with Crippen molar-refractivity contribution in [2.24, 2.45) is 10.4 Å². The fourth-order valence-electron chi connectivity index (χ4n) is 3.86. The standard InChI is InChI=1S/C18H21NO3/c1-16(2,22)12-17(9-6-10-19-17)18(15(20)21)11-14(18)13-7-4-3-5-8-13/h3-10,14,22H,11-12H2,1-2H3,(H,20,21). The Morgan fingerprint density at radius 3 is 2.55 bits per heavy atom. The summed E-state index contributed by atoms with van der Waals surface area (Å²) in [5, 5.41) is 20.2. The fourth-order valence-corrected chi connectivity index (χ4v) is 3.86. The molecule has 1 aromatic carbocycles. The summed E-state index contributed by atoms with van der Waals surface area (Å²) in [5.41, 5.74) is -1.82. The van der Waals surface area contributed by atoms with Crippen molar-refractivity contribution in [3.05, 3.63) is 48.0 Å². The van der Waals surface area contributed by atoms with Crippen LogP contribution in [0.25, 0.3) is 0 Å². The average Bonchev–Trinajstić information content (AvgIpc) is 3.07. The van der Waals surface area contributed by atoms with Crippen molar-refractivity contribution >= 4 is 12.2 Å². The third-order valence-electron chi connectivity index (χ3n) is 4.78. The Morgan fingerprint density at radius 1 is 1.36 bits per heavy atom. The first-order valence-electron chi connectivity index (χ1n) is 7.55. The van der Waals surface area contributed by atoms with Gasteiger partial charge in [0, 0.05) is 18.6 Å². The zero-order valence-corrected chi connectivity index (χ0v) is 12.9. The number of aliphatic imine (C=N–C) groups is 1. The van der Waals surface area contributed by atoms with Crippen molar-refractivity contribution in [2.45, 2.75) is 43.7 Å². The molecule has 1 aromatic rings. The van der Waals surface area contributed by atoms with E-state index in [1.54, 1.807) is 26.1 Å². The van der Waals surface area contributed by atoms with Gasteiger partial charge in [0.25, 0.3) is 0 Å². The molecule has 1 saturated carbocycles. The summed E-state index contributed by atoms with van der Waals surface area (Å²) < 4.78 is 0. The molecule has 4 nitrogen and oxygen atoms in total.